The Bertz CT molecular complexity index is 108. The predicted octanol–water partition coefficient (Wildman–Crippen LogP) is 0.960. The Morgan fingerprint density at radius 1 is 1.50 bits per heavy atom. The summed E-state index contributed by atoms with van der Waals surface area (Å²) in [4.78, 5) is 0. The molecule has 0 bridgehead atoms. The van der Waals surface area contributed by atoms with Crippen molar-refractivity contribution in [1.82, 2.24) is 5.01 Å². The van der Waals surface area contributed by atoms with Gasteiger partial charge in [0.2, 0.25) is 0 Å². The number of nitrogens with zero attached hydrogens (tertiary/aromatic N) is 2. The van der Waals surface area contributed by atoms with Gasteiger partial charge in [-0.05, 0) is 13.8 Å². The van der Waals surface area contributed by atoms with Crippen molar-refractivity contribution in [1.29, 1.82) is 0 Å². The summed E-state index contributed by atoms with van der Waals surface area (Å²) < 4.78 is 4.88. The van der Waals surface area contributed by atoms with Crippen molar-refractivity contribution >= 4 is 5.71 Å². The van der Waals surface area contributed by atoms with Gasteiger partial charge in [-0.25, -0.2) is 0 Å². The standard InChI is InChI=1S/C7H16N2O/c1-7(2)8-9(3)5-6-10-4/h5-6H2,1-4H3. The molecule has 0 fully saturated rings. The van der Waals surface area contributed by atoms with Gasteiger partial charge >= 0.3 is 0 Å². The van der Waals surface area contributed by atoms with Crippen LogP contribution in [-0.4, -0.2) is 38.0 Å². The highest BCUT2D eigenvalue weighted by Gasteiger charge is 1.90. The molecule has 0 aromatic rings. The van der Waals surface area contributed by atoms with Gasteiger partial charge in [-0.15, -0.1) is 0 Å². The summed E-state index contributed by atoms with van der Waals surface area (Å²) in [6.45, 7) is 5.53. The number of ether oxygens (including phenoxy) is 1. The van der Waals surface area contributed by atoms with Crippen LogP contribution in [0.25, 0.3) is 0 Å². The molecule has 0 aromatic carbocycles. The third-order valence-electron chi connectivity index (χ3n) is 0.990. The van der Waals surface area contributed by atoms with Crippen LogP contribution in [0.15, 0.2) is 5.10 Å². The van der Waals surface area contributed by atoms with Crippen molar-refractivity contribution < 1.29 is 4.74 Å². The van der Waals surface area contributed by atoms with E-state index in [0.29, 0.717) is 0 Å². The second-order valence-electron chi connectivity index (χ2n) is 2.42. The van der Waals surface area contributed by atoms with Gasteiger partial charge in [-0.3, -0.25) is 5.01 Å². The number of hydrogen-bond donors (Lipinski definition) is 0. The molecular formula is C7H16N2O. The maximum Gasteiger partial charge on any atom is 0.0654 e. The molecule has 0 unspecified atom stereocenters. The zero-order valence-corrected chi connectivity index (χ0v) is 7.22. The van der Waals surface area contributed by atoms with E-state index in [0.717, 1.165) is 18.9 Å². The van der Waals surface area contributed by atoms with Crippen molar-refractivity contribution in [3.05, 3.63) is 0 Å². The largest absolute Gasteiger partial charge is 0.383 e. The van der Waals surface area contributed by atoms with Crippen LogP contribution in [0.3, 0.4) is 0 Å². The van der Waals surface area contributed by atoms with Crippen molar-refractivity contribution in [3.63, 3.8) is 0 Å². The van der Waals surface area contributed by atoms with Crippen LogP contribution < -0.4 is 0 Å². The summed E-state index contributed by atoms with van der Waals surface area (Å²) in [6, 6.07) is 0. The van der Waals surface area contributed by atoms with E-state index in [4.69, 9.17) is 4.74 Å². The fourth-order valence-electron chi connectivity index (χ4n) is 0.615. The topological polar surface area (TPSA) is 24.8 Å². The number of hydrogen-bond acceptors (Lipinski definition) is 3. The van der Waals surface area contributed by atoms with Crippen LogP contribution in [0.1, 0.15) is 13.8 Å². The lowest BCUT2D eigenvalue weighted by Crippen LogP contribution is -2.17. The highest BCUT2D eigenvalue weighted by Crippen LogP contribution is 1.84. The van der Waals surface area contributed by atoms with Gasteiger partial charge in [0.15, 0.2) is 0 Å². The van der Waals surface area contributed by atoms with Gasteiger partial charge < -0.3 is 4.74 Å². The SMILES string of the molecule is COCCN(C)N=C(C)C. The number of rotatable bonds is 4. The quantitative estimate of drug-likeness (QED) is 0.433. The van der Waals surface area contributed by atoms with Crippen molar-refractivity contribution in [2.75, 3.05) is 27.3 Å². The van der Waals surface area contributed by atoms with E-state index in [1.165, 1.54) is 0 Å². The lowest BCUT2D eigenvalue weighted by atomic mass is 10.5. The minimum absolute atomic E-state index is 0.729. The fraction of sp³-hybridized carbons (Fsp3) is 0.857. The molecule has 10 heavy (non-hydrogen) atoms. The van der Waals surface area contributed by atoms with Gasteiger partial charge in [0.1, 0.15) is 0 Å². The van der Waals surface area contributed by atoms with Gasteiger partial charge in [0.25, 0.3) is 0 Å². The van der Waals surface area contributed by atoms with E-state index in [2.05, 4.69) is 5.10 Å². The molecule has 0 aliphatic carbocycles. The summed E-state index contributed by atoms with van der Waals surface area (Å²) in [5.41, 5.74) is 1.07. The highest BCUT2D eigenvalue weighted by molar-refractivity contribution is 5.78. The molecule has 0 saturated carbocycles. The second-order valence-corrected chi connectivity index (χ2v) is 2.42. The van der Waals surface area contributed by atoms with Crippen LogP contribution in [0.2, 0.25) is 0 Å². The first-order chi connectivity index (χ1) is 4.66. The molecule has 3 heteroatoms. The molecule has 0 aromatic heterocycles. The normalized spacial score (nSPS) is 9.20. The molecule has 0 aliphatic rings. The van der Waals surface area contributed by atoms with E-state index >= 15 is 0 Å². The van der Waals surface area contributed by atoms with E-state index in [1.54, 1.807) is 7.11 Å². The summed E-state index contributed by atoms with van der Waals surface area (Å²) >= 11 is 0. The van der Waals surface area contributed by atoms with E-state index in [9.17, 15) is 0 Å². The monoisotopic (exact) mass is 144 g/mol. The fourth-order valence-corrected chi connectivity index (χ4v) is 0.615. The zero-order valence-electron chi connectivity index (χ0n) is 7.22. The Morgan fingerprint density at radius 3 is 2.50 bits per heavy atom. The molecule has 3 nitrogen and oxygen atoms in total. The molecule has 0 atom stereocenters. The third kappa shape index (κ3) is 5.56. The minimum Gasteiger partial charge on any atom is -0.383 e. The molecule has 0 heterocycles. The second kappa shape index (κ2) is 5.23. The molecule has 0 N–H and O–H groups in total. The molecule has 0 radical (unpaired) electrons. The Balaban J connectivity index is 3.43. The van der Waals surface area contributed by atoms with Crippen molar-refractivity contribution in [2.45, 2.75) is 13.8 Å². The number of methoxy groups -OCH3 is 1. The molecule has 0 amide bonds. The van der Waals surface area contributed by atoms with Crippen LogP contribution in [0.4, 0.5) is 0 Å². The molecule has 0 rings (SSSR count). The van der Waals surface area contributed by atoms with Crippen LogP contribution in [0, 0.1) is 0 Å². The van der Waals surface area contributed by atoms with Crippen LogP contribution in [0.5, 0.6) is 0 Å². The van der Waals surface area contributed by atoms with E-state index in [1.807, 2.05) is 25.9 Å². The van der Waals surface area contributed by atoms with Gasteiger partial charge in [-0.1, -0.05) is 0 Å². The molecule has 0 saturated heterocycles. The Kier molecular flexibility index (Phi) is 4.94. The summed E-state index contributed by atoms with van der Waals surface area (Å²) in [5.74, 6) is 0. The molecule has 0 spiro atoms. The lowest BCUT2D eigenvalue weighted by molar-refractivity contribution is 0.163. The molecular weight excluding hydrogens is 128 g/mol. The van der Waals surface area contributed by atoms with E-state index in [-0.39, 0.29) is 0 Å². The average Bonchev–Trinajstić information content (AvgIpc) is 1.82. The lowest BCUT2D eigenvalue weighted by Gasteiger charge is -2.11. The number of likely N-dealkylation sites (N-methyl/N-ethyl adjacent to an activating group) is 1. The van der Waals surface area contributed by atoms with Crippen LogP contribution in [-0.2, 0) is 4.74 Å². The minimum atomic E-state index is 0.729. The predicted molar refractivity (Wildman–Crippen MR) is 43.3 cm³/mol. The highest BCUT2D eigenvalue weighted by atomic mass is 16.5. The van der Waals surface area contributed by atoms with Gasteiger partial charge in [0.05, 0.1) is 13.2 Å². The van der Waals surface area contributed by atoms with Crippen LogP contribution >= 0.6 is 0 Å². The summed E-state index contributed by atoms with van der Waals surface area (Å²) in [7, 11) is 3.63. The summed E-state index contributed by atoms with van der Waals surface area (Å²) in [6.07, 6.45) is 0. The Hall–Kier alpha value is -0.570. The summed E-state index contributed by atoms with van der Waals surface area (Å²) in [5, 5.41) is 6.06. The maximum atomic E-state index is 4.88. The van der Waals surface area contributed by atoms with Crippen molar-refractivity contribution in [2.24, 2.45) is 5.10 Å². The first-order valence-corrected chi connectivity index (χ1v) is 3.38. The molecule has 60 valence electrons. The maximum absolute atomic E-state index is 4.88. The first-order valence-electron chi connectivity index (χ1n) is 3.38. The third-order valence-corrected chi connectivity index (χ3v) is 0.990. The van der Waals surface area contributed by atoms with Gasteiger partial charge in [-0.2, -0.15) is 5.10 Å². The molecule has 0 aliphatic heterocycles. The van der Waals surface area contributed by atoms with Gasteiger partial charge in [0, 0.05) is 19.9 Å². The average molecular weight is 144 g/mol. The number of hydrazone groups is 1. The van der Waals surface area contributed by atoms with Crippen molar-refractivity contribution in [3.8, 4) is 0 Å². The van der Waals surface area contributed by atoms with E-state index < -0.39 is 0 Å². The Morgan fingerprint density at radius 2 is 2.10 bits per heavy atom. The zero-order chi connectivity index (χ0) is 7.98. The smallest absolute Gasteiger partial charge is 0.0654 e. The first kappa shape index (κ1) is 9.43. The Labute approximate surface area is 62.7 Å².